The Morgan fingerprint density at radius 1 is 1.24 bits per heavy atom. The van der Waals surface area contributed by atoms with E-state index in [4.69, 9.17) is 10.5 Å². The molecular formula is C19H32N4O2. The molecule has 0 aliphatic carbocycles. The van der Waals surface area contributed by atoms with E-state index in [9.17, 15) is 4.79 Å². The molecule has 0 bridgehead atoms. The van der Waals surface area contributed by atoms with Crippen molar-refractivity contribution < 1.29 is 9.53 Å². The number of nitrogens with zero attached hydrogens (tertiary/aromatic N) is 1. The van der Waals surface area contributed by atoms with Crippen LogP contribution in [0.1, 0.15) is 58.1 Å². The number of nitrogens with two attached hydrogens (primary N) is 1. The summed E-state index contributed by atoms with van der Waals surface area (Å²) in [4.78, 5) is 16.2. The second-order valence-corrected chi connectivity index (χ2v) is 5.94. The third-order valence-electron chi connectivity index (χ3n) is 3.75. The lowest BCUT2D eigenvalue weighted by molar-refractivity contribution is -0.121. The van der Waals surface area contributed by atoms with Gasteiger partial charge in [0.1, 0.15) is 5.75 Å². The molecule has 0 aliphatic rings. The molecule has 1 rings (SSSR count). The number of hydrogen-bond donors (Lipinski definition) is 3. The van der Waals surface area contributed by atoms with Crippen LogP contribution in [0.15, 0.2) is 29.3 Å². The lowest BCUT2D eigenvalue weighted by atomic mass is 10.1. The molecule has 0 fully saturated rings. The standard InChI is InChI=1S/C19H32N4O2/c1-4-6-13-21-19(20)22-14-7-8-18(24)23-15(3)16-9-11-17(12-10-16)25-5-2/h9-12,15H,4-8,13-14H2,1-3H3,(H,23,24)(H3,20,21,22). The molecule has 1 unspecified atom stereocenters. The first kappa shape index (κ1) is 20.8. The molecule has 1 amide bonds. The fraction of sp³-hybridized carbons (Fsp3) is 0.579. The minimum absolute atomic E-state index is 0.0223. The number of carbonyl (C=O) groups excluding carboxylic acids is 1. The molecule has 0 saturated carbocycles. The van der Waals surface area contributed by atoms with Crippen LogP contribution in [0.5, 0.6) is 5.75 Å². The van der Waals surface area contributed by atoms with Crippen LogP contribution in [0.25, 0.3) is 0 Å². The van der Waals surface area contributed by atoms with Gasteiger partial charge in [0.05, 0.1) is 12.6 Å². The highest BCUT2D eigenvalue weighted by atomic mass is 16.5. The minimum Gasteiger partial charge on any atom is -0.494 e. The van der Waals surface area contributed by atoms with E-state index in [0.717, 1.165) is 30.7 Å². The predicted molar refractivity (Wildman–Crippen MR) is 103 cm³/mol. The molecule has 1 aromatic rings. The van der Waals surface area contributed by atoms with E-state index in [2.05, 4.69) is 22.5 Å². The van der Waals surface area contributed by atoms with Gasteiger partial charge in [-0.2, -0.15) is 0 Å². The van der Waals surface area contributed by atoms with E-state index < -0.39 is 0 Å². The Morgan fingerprint density at radius 2 is 1.96 bits per heavy atom. The Hall–Kier alpha value is -2.24. The summed E-state index contributed by atoms with van der Waals surface area (Å²) >= 11 is 0. The SMILES string of the molecule is CCCCNC(N)=NCCCC(=O)NC(C)c1ccc(OCC)cc1. The van der Waals surface area contributed by atoms with Crippen molar-refractivity contribution in [3.63, 3.8) is 0 Å². The molecular weight excluding hydrogens is 316 g/mol. The van der Waals surface area contributed by atoms with Crippen molar-refractivity contribution >= 4 is 11.9 Å². The van der Waals surface area contributed by atoms with E-state index in [1.807, 2.05) is 38.1 Å². The van der Waals surface area contributed by atoms with Gasteiger partial charge in [-0.1, -0.05) is 25.5 Å². The largest absolute Gasteiger partial charge is 0.494 e. The van der Waals surface area contributed by atoms with Crippen LogP contribution in [-0.2, 0) is 4.79 Å². The highest BCUT2D eigenvalue weighted by molar-refractivity contribution is 5.78. The van der Waals surface area contributed by atoms with Crippen LogP contribution in [0.3, 0.4) is 0 Å². The van der Waals surface area contributed by atoms with Crippen LogP contribution in [-0.4, -0.2) is 31.6 Å². The van der Waals surface area contributed by atoms with E-state index >= 15 is 0 Å². The lowest BCUT2D eigenvalue weighted by Crippen LogP contribution is -2.32. The van der Waals surface area contributed by atoms with Crippen molar-refractivity contribution in [2.24, 2.45) is 10.7 Å². The van der Waals surface area contributed by atoms with Gasteiger partial charge in [-0.25, -0.2) is 0 Å². The molecule has 0 aliphatic heterocycles. The number of benzene rings is 1. The molecule has 0 saturated heterocycles. The van der Waals surface area contributed by atoms with Crippen LogP contribution in [0.4, 0.5) is 0 Å². The normalized spacial score (nSPS) is 12.5. The first-order chi connectivity index (χ1) is 12.1. The van der Waals surface area contributed by atoms with Gasteiger partial charge >= 0.3 is 0 Å². The maximum absolute atomic E-state index is 12.0. The smallest absolute Gasteiger partial charge is 0.220 e. The number of guanidine groups is 1. The molecule has 6 heteroatoms. The molecule has 6 nitrogen and oxygen atoms in total. The zero-order chi connectivity index (χ0) is 18.5. The highest BCUT2D eigenvalue weighted by Crippen LogP contribution is 2.17. The summed E-state index contributed by atoms with van der Waals surface area (Å²) in [5.74, 6) is 1.32. The second kappa shape index (κ2) is 12.2. The van der Waals surface area contributed by atoms with Gasteiger partial charge in [0.25, 0.3) is 0 Å². The topological polar surface area (TPSA) is 88.7 Å². The van der Waals surface area contributed by atoms with Crippen LogP contribution < -0.4 is 21.1 Å². The van der Waals surface area contributed by atoms with Gasteiger partial charge in [0, 0.05) is 19.5 Å². The molecule has 0 spiro atoms. The van der Waals surface area contributed by atoms with Crippen molar-refractivity contribution in [3.8, 4) is 5.75 Å². The van der Waals surface area contributed by atoms with Crippen LogP contribution in [0, 0.1) is 0 Å². The molecule has 0 heterocycles. The quantitative estimate of drug-likeness (QED) is 0.326. The zero-order valence-electron chi connectivity index (χ0n) is 15.7. The van der Waals surface area contributed by atoms with E-state index in [1.54, 1.807) is 0 Å². The van der Waals surface area contributed by atoms with Gasteiger partial charge < -0.3 is 21.1 Å². The monoisotopic (exact) mass is 348 g/mol. The zero-order valence-corrected chi connectivity index (χ0v) is 15.7. The molecule has 140 valence electrons. The summed E-state index contributed by atoms with van der Waals surface area (Å²) in [5, 5.41) is 6.06. The maximum Gasteiger partial charge on any atom is 0.220 e. The van der Waals surface area contributed by atoms with Crippen LogP contribution >= 0.6 is 0 Å². The summed E-state index contributed by atoms with van der Waals surface area (Å²) in [6.45, 7) is 8.09. The lowest BCUT2D eigenvalue weighted by Gasteiger charge is -2.15. The molecule has 0 aromatic heterocycles. The molecule has 4 N–H and O–H groups in total. The predicted octanol–water partition coefficient (Wildman–Crippen LogP) is 2.75. The van der Waals surface area contributed by atoms with Crippen molar-refractivity contribution in [1.82, 2.24) is 10.6 Å². The Labute approximate surface area is 151 Å². The summed E-state index contributed by atoms with van der Waals surface area (Å²) in [5.41, 5.74) is 6.80. The Bertz CT molecular complexity index is 529. The summed E-state index contributed by atoms with van der Waals surface area (Å²) < 4.78 is 5.42. The number of carbonyl (C=O) groups is 1. The summed E-state index contributed by atoms with van der Waals surface area (Å²) in [6.07, 6.45) is 3.31. The Kier molecular flexibility index (Phi) is 10.1. The summed E-state index contributed by atoms with van der Waals surface area (Å²) in [7, 11) is 0. The number of amides is 1. The van der Waals surface area contributed by atoms with Gasteiger partial charge in [-0.3, -0.25) is 9.79 Å². The number of nitrogens with one attached hydrogen (secondary N) is 2. The van der Waals surface area contributed by atoms with Crippen molar-refractivity contribution in [2.75, 3.05) is 19.7 Å². The van der Waals surface area contributed by atoms with Gasteiger partial charge in [0.2, 0.25) is 5.91 Å². The number of hydrogen-bond acceptors (Lipinski definition) is 3. The second-order valence-electron chi connectivity index (χ2n) is 5.94. The number of rotatable bonds is 11. The first-order valence-corrected chi connectivity index (χ1v) is 9.12. The van der Waals surface area contributed by atoms with E-state index in [-0.39, 0.29) is 11.9 Å². The van der Waals surface area contributed by atoms with Gasteiger partial charge in [0.15, 0.2) is 5.96 Å². The Morgan fingerprint density at radius 3 is 2.60 bits per heavy atom. The van der Waals surface area contributed by atoms with Crippen LogP contribution in [0.2, 0.25) is 0 Å². The van der Waals surface area contributed by atoms with Gasteiger partial charge in [-0.15, -0.1) is 0 Å². The fourth-order valence-electron chi connectivity index (χ4n) is 2.30. The van der Waals surface area contributed by atoms with E-state index in [1.165, 1.54) is 0 Å². The maximum atomic E-state index is 12.0. The summed E-state index contributed by atoms with van der Waals surface area (Å²) in [6, 6.07) is 7.76. The average Bonchev–Trinajstić information content (AvgIpc) is 2.60. The third-order valence-corrected chi connectivity index (χ3v) is 3.75. The number of unbranched alkanes of at least 4 members (excludes halogenated alkanes) is 1. The fourth-order valence-corrected chi connectivity index (χ4v) is 2.30. The molecule has 25 heavy (non-hydrogen) atoms. The number of ether oxygens (including phenoxy) is 1. The average molecular weight is 348 g/mol. The van der Waals surface area contributed by atoms with Crippen molar-refractivity contribution in [1.29, 1.82) is 0 Å². The molecule has 1 atom stereocenters. The van der Waals surface area contributed by atoms with Gasteiger partial charge in [-0.05, 0) is 44.4 Å². The highest BCUT2D eigenvalue weighted by Gasteiger charge is 2.09. The van der Waals surface area contributed by atoms with Crippen molar-refractivity contribution in [2.45, 2.75) is 52.5 Å². The van der Waals surface area contributed by atoms with E-state index in [0.29, 0.717) is 32.0 Å². The molecule has 0 radical (unpaired) electrons. The third kappa shape index (κ3) is 8.98. The minimum atomic E-state index is -0.0348. The number of aliphatic imine (C=N–C) groups is 1. The molecule has 1 aromatic carbocycles. The Balaban J connectivity index is 2.28. The first-order valence-electron chi connectivity index (χ1n) is 9.12. The van der Waals surface area contributed by atoms with Crippen molar-refractivity contribution in [3.05, 3.63) is 29.8 Å².